The van der Waals surface area contributed by atoms with Crippen molar-refractivity contribution in [1.82, 2.24) is 20.7 Å². The zero-order valence-corrected chi connectivity index (χ0v) is 16.9. The Morgan fingerprint density at radius 3 is 2.57 bits per heavy atom. The second-order valence-corrected chi connectivity index (χ2v) is 7.77. The van der Waals surface area contributed by atoms with E-state index in [1.807, 2.05) is 0 Å². The Labute approximate surface area is 177 Å². The predicted molar refractivity (Wildman–Crippen MR) is 102 cm³/mol. The molecule has 12 heteroatoms. The summed E-state index contributed by atoms with van der Waals surface area (Å²) in [5.41, 5.74) is 0.364. The molecular weight excluding hydrogens is 445 g/mol. The minimum absolute atomic E-state index is 0.00569. The van der Waals surface area contributed by atoms with Gasteiger partial charge in [-0.2, -0.15) is 18.2 Å². The highest BCUT2D eigenvalue weighted by molar-refractivity contribution is 8.00. The molecule has 2 heterocycles. The molecule has 2 aromatic rings. The molecule has 1 aliphatic rings. The average Bonchev–Trinajstić information content (AvgIpc) is 2.91. The van der Waals surface area contributed by atoms with Gasteiger partial charge in [0.15, 0.2) is 0 Å². The number of urea groups is 1. The number of nitrogens with one attached hydrogen (secondary N) is 2. The van der Waals surface area contributed by atoms with Gasteiger partial charge in [0.25, 0.3) is 5.91 Å². The highest BCUT2D eigenvalue weighted by Gasteiger charge is 2.49. The first kappa shape index (κ1) is 21.9. The summed E-state index contributed by atoms with van der Waals surface area (Å²) in [6, 6.07) is 8.39. The van der Waals surface area contributed by atoms with E-state index in [4.69, 9.17) is 11.6 Å². The molecule has 1 aromatic carbocycles. The number of imide groups is 1. The molecule has 1 saturated heterocycles. The smallest absolute Gasteiger partial charge is 0.318 e. The number of aromatic nitrogens is 1. The fourth-order valence-corrected chi connectivity index (χ4v) is 3.67. The second-order valence-electron chi connectivity index (χ2n) is 6.39. The van der Waals surface area contributed by atoms with Crippen LogP contribution < -0.4 is 10.7 Å². The van der Waals surface area contributed by atoms with Gasteiger partial charge in [-0.1, -0.05) is 53.7 Å². The van der Waals surface area contributed by atoms with Gasteiger partial charge in [0, 0.05) is 6.20 Å². The maximum Gasteiger partial charge on any atom is 0.417 e. The third-order valence-electron chi connectivity index (χ3n) is 4.25. The van der Waals surface area contributed by atoms with E-state index in [0.29, 0.717) is 22.8 Å². The molecule has 1 aliphatic heterocycles. The molecule has 0 aliphatic carbocycles. The number of alkyl halides is 3. The number of hydrazine groups is 1. The Bertz CT molecular complexity index is 1010. The minimum atomic E-state index is -4.59. The lowest BCUT2D eigenvalue weighted by Gasteiger charge is -2.22. The SMILES string of the molecule is CC1(c2ccccc2)NC(=O)N(NC(=O)CSc2ncc(C(F)(F)F)cc2Cl)C1=O. The zero-order chi connectivity index (χ0) is 22.1. The van der Waals surface area contributed by atoms with Gasteiger partial charge in [-0.25, -0.2) is 9.78 Å². The van der Waals surface area contributed by atoms with Crippen molar-refractivity contribution in [2.75, 3.05) is 5.75 Å². The summed E-state index contributed by atoms with van der Waals surface area (Å²) in [5.74, 6) is -1.75. The second kappa shape index (κ2) is 8.15. The van der Waals surface area contributed by atoms with Crippen LogP contribution in [0.1, 0.15) is 18.1 Å². The molecule has 3 rings (SSSR count). The summed E-state index contributed by atoms with van der Waals surface area (Å²) in [7, 11) is 0. The van der Waals surface area contributed by atoms with Gasteiger partial charge in [-0.05, 0) is 18.6 Å². The number of halogens is 4. The maximum absolute atomic E-state index is 12.7. The van der Waals surface area contributed by atoms with E-state index >= 15 is 0 Å². The van der Waals surface area contributed by atoms with Crippen molar-refractivity contribution >= 4 is 41.2 Å². The van der Waals surface area contributed by atoms with E-state index in [0.717, 1.165) is 11.8 Å². The lowest BCUT2D eigenvalue weighted by Crippen LogP contribution is -2.48. The van der Waals surface area contributed by atoms with E-state index in [1.54, 1.807) is 30.3 Å². The molecule has 0 radical (unpaired) electrons. The van der Waals surface area contributed by atoms with E-state index in [2.05, 4.69) is 15.7 Å². The van der Waals surface area contributed by atoms with Crippen LogP contribution in [0.5, 0.6) is 0 Å². The number of hydrogen-bond donors (Lipinski definition) is 2. The summed E-state index contributed by atoms with van der Waals surface area (Å²) in [6.45, 7) is 1.51. The van der Waals surface area contributed by atoms with Crippen LogP contribution in [0.15, 0.2) is 47.6 Å². The zero-order valence-electron chi connectivity index (χ0n) is 15.3. The number of thioether (sulfide) groups is 1. The highest BCUT2D eigenvalue weighted by atomic mass is 35.5. The maximum atomic E-state index is 12.7. The third-order valence-corrected chi connectivity index (χ3v) is 5.66. The molecule has 30 heavy (non-hydrogen) atoms. The number of carbonyl (C=O) groups is 3. The van der Waals surface area contributed by atoms with Crippen LogP contribution in [0.25, 0.3) is 0 Å². The summed E-state index contributed by atoms with van der Waals surface area (Å²) in [4.78, 5) is 40.7. The molecule has 1 unspecified atom stereocenters. The van der Waals surface area contributed by atoms with Gasteiger partial charge < -0.3 is 5.32 Å². The van der Waals surface area contributed by atoms with Gasteiger partial charge >= 0.3 is 12.2 Å². The average molecular weight is 459 g/mol. The fourth-order valence-electron chi connectivity index (χ4n) is 2.69. The standard InChI is InChI=1S/C18H14ClF3N4O3S/c1-17(10-5-3-2-4-6-10)15(28)26(16(29)24-17)25-13(27)9-30-14-12(19)7-11(8-23-14)18(20,21)22/h2-8H,9H2,1H3,(H,24,29)(H,25,27). The fraction of sp³-hybridized carbons (Fsp3) is 0.222. The van der Waals surface area contributed by atoms with E-state index in [9.17, 15) is 27.6 Å². The highest BCUT2D eigenvalue weighted by Crippen LogP contribution is 2.33. The lowest BCUT2D eigenvalue weighted by molar-refractivity contribution is -0.138. The molecule has 1 aromatic heterocycles. The van der Waals surface area contributed by atoms with Crippen molar-refractivity contribution in [2.45, 2.75) is 23.7 Å². The molecular formula is C18H14ClF3N4O3S. The van der Waals surface area contributed by atoms with Crippen LogP contribution in [0, 0.1) is 0 Å². The number of amides is 4. The monoisotopic (exact) mass is 458 g/mol. The van der Waals surface area contributed by atoms with Crippen molar-refractivity contribution in [3.8, 4) is 0 Å². The Kier molecular flexibility index (Phi) is 5.95. The van der Waals surface area contributed by atoms with Crippen LogP contribution >= 0.6 is 23.4 Å². The molecule has 0 saturated carbocycles. The van der Waals surface area contributed by atoms with Crippen molar-refractivity contribution in [3.63, 3.8) is 0 Å². The number of nitrogens with zero attached hydrogens (tertiary/aromatic N) is 2. The molecule has 0 spiro atoms. The van der Waals surface area contributed by atoms with Crippen molar-refractivity contribution in [1.29, 1.82) is 0 Å². The molecule has 1 atom stereocenters. The van der Waals surface area contributed by atoms with Gasteiger partial charge in [-0.3, -0.25) is 15.0 Å². The summed E-state index contributed by atoms with van der Waals surface area (Å²) in [5, 5.41) is 2.83. The Morgan fingerprint density at radius 1 is 1.30 bits per heavy atom. The van der Waals surface area contributed by atoms with Crippen LogP contribution in [-0.4, -0.2) is 33.6 Å². The lowest BCUT2D eigenvalue weighted by atomic mass is 9.92. The molecule has 0 bridgehead atoms. The van der Waals surface area contributed by atoms with Gasteiger partial charge in [-0.15, -0.1) is 0 Å². The van der Waals surface area contributed by atoms with Crippen LogP contribution in [-0.2, 0) is 21.3 Å². The van der Waals surface area contributed by atoms with E-state index in [-0.39, 0.29) is 15.8 Å². The summed E-state index contributed by atoms with van der Waals surface area (Å²) in [6.07, 6.45) is -3.99. The molecule has 158 valence electrons. The number of pyridine rings is 1. The first-order valence-electron chi connectivity index (χ1n) is 8.39. The number of carbonyl (C=O) groups excluding carboxylic acids is 3. The predicted octanol–water partition coefficient (Wildman–Crippen LogP) is 3.34. The molecule has 2 N–H and O–H groups in total. The largest absolute Gasteiger partial charge is 0.417 e. The normalized spacial score (nSPS) is 19.0. The number of benzene rings is 1. The van der Waals surface area contributed by atoms with Gasteiger partial charge in [0.1, 0.15) is 10.6 Å². The first-order chi connectivity index (χ1) is 14.0. The molecule has 7 nitrogen and oxygen atoms in total. The summed E-state index contributed by atoms with van der Waals surface area (Å²) >= 11 is 6.56. The first-order valence-corrected chi connectivity index (χ1v) is 9.76. The quantitative estimate of drug-likeness (QED) is 0.529. The van der Waals surface area contributed by atoms with Gasteiger partial charge in [0.05, 0.1) is 16.3 Å². The number of hydrogen-bond acceptors (Lipinski definition) is 5. The Morgan fingerprint density at radius 2 is 1.97 bits per heavy atom. The van der Waals surface area contributed by atoms with E-state index < -0.39 is 35.1 Å². The summed E-state index contributed by atoms with van der Waals surface area (Å²) < 4.78 is 38.0. The minimum Gasteiger partial charge on any atom is -0.318 e. The van der Waals surface area contributed by atoms with Crippen molar-refractivity contribution in [2.24, 2.45) is 0 Å². The van der Waals surface area contributed by atoms with Crippen molar-refractivity contribution in [3.05, 3.63) is 58.7 Å². The van der Waals surface area contributed by atoms with Crippen LogP contribution in [0.3, 0.4) is 0 Å². The topological polar surface area (TPSA) is 91.4 Å². The Balaban J connectivity index is 1.64. The number of rotatable bonds is 5. The Hall–Kier alpha value is -2.79. The van der Waals surface area contributed by atoms with Crippen LogP contribution in [0.2, 0.25) is 5.02 Å². The van der Waals surface area contributed by atoms with Crippen molar-refractivity contribution < 1.29 is 27.6 Å². The third kappa shape index (κ3) is 4.36. The van der Waals surface area contributed by atoms with E-state index in [1.165, 1.54) is 6.92 Å². The van der Waals surface area contributed by atoms with Crippen LogP contribution in [0.4, 0.5) is 18.0 Å². The molecule has 1 fully saturated rings. The molecule has 4 amide bonds. The van der Waals surface area contributed by atoms with Gasteiger partial charge in [0.2, 0.25) is 5.91 Å².